The molecule has 0 aliphatic heterocycles. The molecule has 2 rings (SSSR count). The molecular weight excluding hydrogens is 250 g/mol. The molecule has 0 aliphatic rings. The molecule has 6 nitrogen and oxygen atoms in total. The Kier molecular flexibility index (Phi) is 3.83. The van der Waals surface area contributed by atoms with Gasteiger partial charge in [-0.3, -0.25) is 4.79 Å². The van der Waals surface area contributed by atoms with Gasteiger partial charge in [0.2, 0.25) is 0 Å². The first-order valence-electron chi connectivity index (χ1n) is 5.42. The zero-order valence-corrected chi connectivity index (χ0v) is 10.9. The van der Waals surface area contributed by atoms with Crippen molar-refractivity contribution in [3.8, 4) is 0 Å². The average Bonchev–Trinajstić information content (AvgIpc) is 2.92. The summed E-state index contributed by atoms with van der Waals surface area (Å²) in [6, 6.07) is 3.41. The van der Waals surface area contributed by atoms with E-state index >= 15 is 0 Å². The summed E-state index contributed by atoms with van der Waals surface area (Å²) in [6.45, 7) is 1.99. The van der Waals surface area contributed by atoms with Gasteiger partial charge < -0.3 is 10.6 Å². The number of amides is 1. The highest BCUT2D eigenvalue weighted by molar-refractivity contribution is 7.09. The van der Waals surface area contributed by atoms with Crippen molar-refractivity contribution in [1.29, 1.82) is 0 Å². The molecule has 0 saturated carbocycles. The monoisotopic (exact) mass is 263 g/mol. The van der Waals surface area contributed by atoms with Gasteiger partial charge in [0.05, 0.1) is 6.04 Å². The van der Waals surface area contributed by atoms with E-state index < -0.39 is 0 Å². The summed E-state index contributed by atoms with van der Waals surface area (Å²) in [6.07, 6.45) is 1.76. The predicted molar refractivity (Wildman–Crippen MR) is 69.6 cm³/mol. The van der Waals surface area contributed by atoms with Crippen LogP contribution in [-0.2, 0) is 0 Å². The van der Waals surface area contributed by atoms with E-state index in [2.05, 4.69) is 25.8 Å². The standard InChI is InChI=1S/C11H13N5OS/c1-7(11-13-5-6-18-11)14-9-4-3-8(15-16-9)10(17)12-2/h3-7H,1-2H3,(H,12,17)(H,14,16). The molecule has 2 heterocycles. The molecule has 18 heavy (non-hydrogen) atoms. The van der Waals surface area contributed by atoms with Crippen molar-refractivity contribution in [1.82, 2.24) is 20.5 Å². The van der Waals surface area contributed by atoms with Gasteiger partial charge >= 0.3 is 0 Å². The van der Waals surface area contributed by atoms with Crippen molar-refractivity contribution in [3.05, 3.63) is 34.4 Å². The molecule has 2 aromatic heterocycles. The summed E-state index contributed by atoms with van der Waals surface area (Å²) >= 11 is 1.58. The van der Waals surface area contributed by atoms with Crippen molar-refractivity contribution in [2.75, 3.05) is 12.4 Å². The number of hydrogen-bond donors (Lipinski definition) is 2. The maximum Gasteiger partial charge on any atom is 0.271 e. The van der Waals surface area contributed by atoms with Gasteiger partial charge in [-0.15, -0.1) is 21.5 Å². The zero-order chi connectivity index (χ0) is 13.0. The van der Waals surface area contributed by atoms with E-state index in [1.807, 2.05) is 12.3 Å². The Balaban J connectivity index is 2.04. The topological polar surface area (TPSA) is 79.8 Å². The Hall–Kier alpha value is -2.02. The number of anilines is 1. The number of nitrogens with one attached hydrogen (secondary N) is 2. The molecule has 1 atom stereocenters. The van der Waals surface area contributed by atoms with Crippen LogP contribution in [0.15, 0.2) is 23.7 Å². The van der Waals surface area contributed by atoms with Crippen LogP contribution in [0.1, 0.15) is 28.5 Å². The number of thiazole rings is 1. The minimum absolute atomic E-state index is 0.0603. The van der Waals surface area contributed by atoms with E-state index in [-0.39, 0.29) is 11.9 Å². The molecule has 2 aromatic rings. The van der Waals surface area contributed by atoms with Gasteiger partial charge in [0.15, 0.2) is 5.69 Å². The van der Waals surface area contributed by atoms with Crippen molar-refractivity contribution in [3.63, 3.8) is 0 Å². The van der Waals surface area contributed by atoms with Crippen LogP contribution >= 0.6 is 11.3 Å². The molecule has 0 saturated heterocycles. The van der Waals surface area contributed by atoms with Gasteiger partial charge in [-0.25, -0.2) is 4.98 Å². The molecule has 1 amide bonds. The van der Waals surface area contributed by atoms with Crippen LogP contribution < -0.4 is 10.6 Å². The second-order valence-electron chi connectivity index (χ2n) is 3.62. The average molecular weight is 263 g/mol. The largest absolute Gasteiger partial charge is 0.360 e. The van der Waals surface area contributed by atoms with Gasteiger partial charge in [0.25, 0.3) is 5.91 Å². The first kappa shape index (κ1) is 12.4. The quantitative estimate of drug-likeness (QED) is 0.873. The molecule has 0 aliphatic carbocycles. The molecule has 0 fully saturated rings. The first-order chi connectivity index (χ1) is 8.70. The molecular formula is C11H13N5OS. The third-order valence-electron chi connectivity index (χ3n) is 2.31. The Bertz CT molecular complexity index is 511. The number of nitrogens with zero attached hydrogens (tertiary/aromatic N) is 3. The number of aromatic nitrogens is 3. The summed E-state index contributed by atoms with van der Waals surface area (Å²) in [5.41, 5.74) is 0.296. The van der Waals surface area contributed by atoms with Crippen molar-refractivity contribution < 1.29 is 4.79 Å². The molecule has 0 aromatic carbocycles. The third kappa shape index (κ3) is 2.80. The van der Waals surface area contributed by atoms with Gasteiger partial charge in [-0.1, -0.05) is 0 Å². The van der Waals surface area contributed by atoms with Crippen LogP contribution in [0.25, 0.3) is 0 Å². The van der Waals surface area contributed by atoms with Crippen LogP contribution in [0.2, 0.25) is 0 Å². The molecule has 0 radical (unpaired) electrons. The minimum atomic E-state index is -0.248. The van der Waals surface area contributed by atoms with Crippen molar-refractivity contribution >= 4 is 23.1 Å². The highest BCUT2D eigenvalue weighted by Crippen LogP contribution is 2.19. The lowest BCUT2D eigenvalue weighted by molar-refractivity contribution is 0.0957. The number of rotatable bonds is 4. The Morgan fingerprint density at radius 3 is 2.78 bits per heavy atom. The van der Waals surface area contributed by atoms with E-state index in [0.717, 1.165) is 5.01 Å². The maximum absolute atomic E-state index is 11.3. The van der Waals surface area contributed by atoms with Gasteiger partial charge in [0, 0.05) is 18.6 Å². The lowest BCUT2D eigenvalue weighted by atomic mass is 10.3. The number of carbonyl (C=O) groups excluding carboxylic acids is 1. The smallest absolute Gasteiger partial charge is 0.271 e. The zero-order valence-electron chi connectivity index (χ0n) is 10.0. The predicted octanol–water partition coefficient (Wildman–Crippen LogP) is 1.47. The third-order valence-corrected chi connectivity index (χ3v) is 3.27. The number of hydrogen-bond acceptors (Lipinski definition) is 6. The van der Waals surface area contributed by atoms with E-state index in [0.29, 0.717) is 11.5 Å². The van der Waals surface area contributed by atoms with Gasteiger partial charge in [-0.2, -0.15) is 0 Å². The Morgan fingerprint density at radius 2 is 2.22 bits per heavy atom. The molecule has 94 valence electrons. The van der Waals surface area contributed by atoms with Crippen LogP contribution in [0.4, 0.5) is 5.82 Å². The summed E-state index contributed by atoms with van der Waals surface area (Å²) in [5, 5.41) is 16.4. The molecule has 7 heteroatoms. The summed E-state index contributed by atoms with van der Waals surface area (Å²) in [5.74, 6) is 0.368. The first-order valence-corrected chi connectivity index (χ1v) is 6.30. The highest BCUT2D eigenvalue weighted by Gasteiger charge is 2.10. The van der Waals surface area contributed by atoms with Crippen LogP contribution in [0.5, 0.6) is 0 Å². The minimum Gasteiger partial charge on any atom is -0.360 e. The Morgan fingerprint density at radius 1 is 1.39 bits per heavy atom. The molecule has 2 N–H and O–H groups in total. The van der Waals surface area contributed by atoms with Crippen LogP contribution in [0.3, 0.4) is 0 Å². The normalized spacial score (nSPS) is 11.9. The molecule has 0 bridgehead atoms. The highest BCUT2D eigenvalue weighted by atomic mass is 32.1. The molecule has 1 unspecified atom stereocenters. The fourth-order valence-electron chi connectivity index (χ4n) is 1.39. The van der Waals surface area contributed by atoms with Gasteiger partial charge in [-0.05, 0) is 19.1 Å². The van der Waals surface area contributed by atoms with Gasteiger partial charge in [0.1, 0.15) is 10.8 Å². The fraction of sp³-hybridized carbons (Fsp3) is 0.273. The lowest BCUT2D eigenvalue weighted by Crippen LogP contribution is -2.20. The van der Waals surface area contributed by atoms with Crippen LogP contribution in [-0.4, -0.2) is 28.1 Å². The summed E-state index contributed by atoms with van der Waals surface area (Å²) in [7, 11) is 1.56. The maximum atomic E-state index is 11.3. The lowest BCUT2D eigenvalue weighted by Gasteiger charge is -2.11. The van der Waals surface area contributed by atoms with Crippen molar-refractivity contribution in [2.24, 2.45) is 0 Å². The second-order valence-corrected chi connectivity index (χ2v) is 4.55. The van der Waals surface area contributed by atoms with E-state index in [4.69, 9.17) is 0 Å². The van der Waals surface area contributed by atoms with Crippen molar-refractivity contribution in [2.45, 2.75) is 13.0 Å². The summed E-state index contributed by atoms with van der Waals surface area (Å²) in [4.78, 5) is 15.5. The number of carbonyl (C=O) groups is 1. The SMILES string of the molecule is CNC(=O)c1ccc(NC(C)c2nccs2)nn1. The molecule has 0 spiro atoms. The Labute approximate surface area is 108 Å². The van der Waals surface area contributed by atoms with Crippen LogP contribution in [0, 0.1) is 0 Å². The van der Waals surface area contributed by atoms with E-state index in [1.165, 1.54) is 0 Å². The van der Waals surface area contributed by atoms with E-state index in [1.54, 1.807) is 36.7 Å². The van der Waals surface area contributed by atoms with E-state index in [9.17, 15) is 4.79 Å². The second kappa shape index (κ2) is 5.54. The summed E-state index contributed by atoms with van der Waals surface area (Å²) < 4.78 is 0. The fourth-order valence-corrected chi connectivity index (χ4v) is 2.04.